The summed E-state index contributed by atoms with van der Waals surface area (Å²) in [7, 11) is 0. The van der Waals surface area contributed by atoms with Crippen molar-refractivity contribution in [3.8, 4) is 0 Å². The molecule has 0 saturated heterocycles. The molecule has 0 aromatic carbocycles. The number of amides is 1. The van der Waals surface area contributed by atoms with Gasteiger partial charge in [-0.1, -0.05) is 13.8 Å². The summed E-state index contributed by atoms with van der Waals surface area (Å²) < 4.78 is 1.60. The van der Waals surface area contributed by atoms with Gasteiger partial charge in [-0.05, 0) is 12.8 Å². The molecule has 0 aliphatic rings. The van der Waals surface area contributed by atoms with Crippen molar-refractivity contribution in [1.82, 2.24) is 14.9 Å². The average Bonchev–Trinajstić information content (AvgIpc) is 2.73. The van der Waals surface area contributed by atoms with Gasteiger partial charge in [-0.25, -0.2) is 4.98 Å². The van der Waals surface area contributed by atoms with Gasteiger partial charge >= 0.3 is 0 Å². The van der Waals surface area contributed by atoms with Crippen molar-refractivity contribution in [2.75, 3.05) is 0 Å². The number of imidazole rings is 1. The molecule has 1 heterocycles. The van der Waals surface area contributed by atoms with Crippen LogP contribution in [-0.2, 0) is 11.3 Å². The Balaban J connectivity index is 2.47. The first-order valence-corrected chi connectivity index (χ1v) is 5.45. The fourth-order valence-electron chi connectivity index (χ4n) is 1.46. The van der Waals surface area contributed by atoms with Crippen LogP contribution in [0, 0.1) is 0 Å². The molecule has 0 radical (unpaired) electrons. The van der Waals surface area contributed by atoms with Crippen LogP contribution in [0.4, 0.5) is 0 Å². The molecule has 88 valence electrons. The van der Waals surface area contributed by atoms with Crippen LogP contribution in [0.15, 0.2) is 12.5 Å². The van der Waals surface area contributed by atoms with Crippen LogP contribution in [0.25, 0.3) is 0 Å². The molecule has 1 aromatic heterocycles. The molecule has 1 amide bonds. The van der Waals surface area contributed by atoms with Crippen LogP contribution in [-0.4, -0.2) is 27.8 Å². The Bertz CT molecular complexity index is 356. The summed E-state index contributed by atoms with van der Waals surface area (Å²) in [6.45, 7) is 4.28. The van der Waals surface area contributed by atoms with Crippen LogP contribution in [0.2, 0.25) is 0 Å². The van der Waals surface area contributed by atoms with E-state index in [1.54, 1.807) is 10.8 Å². The standard InChI is InChI=1S/C11H17N3O2/c1-3-9(4-2)13-11(16)6-14-5-10(7-15)12-8-14/h5,7-9H,3-4,6H2,1-2H3,(H,13,16). The van der Waals surface area contributed by atoms with Gasteiger partial charge in [-0.3, -0.25) is 9.59 Å². The van der Waals surface area contributed by atoms with E-state index in [4.69, 9.17) is 0 Å². The molecule has 1 N–H and O–H groups in total. The van der Waals surface area contributed by atoms with Gasteiger partial charge in [0.1, 0.15) is 12.2 Å². The molecule has 5 nitrogen and oxygen atoms in total. The summed E-state index contributed by atoms with van der Waals surface area (Å²) in [5.41, 5.74) is 0.343. The number of hydrogen-bond acceptors (Lipinski definition) is 3. The van der Waals surface area contributed by atoms with Crippen LogP contribution in [0.3, 0.4) is 0 Å². The lowest BCUT2D eigenvalue weighted by molar-refractivity contribution is -0.122. The molecule has 16 heavy (non-hydrogen) atoms. The van der Waals surface area contributed by atoms with E-state index in [1.807, 2.05) is 13.8 Å². The molecular formula is C11H17N3O2. The van der Waals surface area contributed by atoms with Crippen LogP contribution in [0.1, 0.15) is 37.2 Å². The molecule has 5 heteroatoms. The maximum Gasteiger partial charge on any atom is 0.240 e. The molecule has 0 aliphatic carbocycles. The first kappa shape index (κ1) is 12.4. The van der Waals surface area contributed by atoms with Crippen LogP contribution >= 0.6 is 0 Å². The Morgan fingerprint density at radius 2 is 2.25 bits per heavy atom. The van der Waals surface area contributed by atoms with Crippen molar-refractivity contribution in [2.45, 2.75) is 39.3 Å². The van der Waals surface area contributed by atoms with Crippen molar-refractivity contribution in [1.29, 1.82) is 0 Å². The van der Waals surface area contributed by atoms with E-state index < -0.39 is 0 Å². The van der Waals surface area contributed by atoms with Gasteiger partial charge in [0.25, 0.3) is 0 Å². The molecule has 0 fully saturated rings. The zero-order valence-corrected chi connectivity index (χ0v) is 9.64. The number of hydrogen-bond donors (Lipinski definition) is 1. The molecule has 0 atom stereocenters. The molecule has 0 unspecified atom stereocenters. The number of nitrogens with zero attached hydrogens (tertiary/aromatic N) is 2. The van der Waals surface area contributed by atoms with E-state index in [9.17, 15) is 9.59 Å². The number of carbonyl (C=O) groups excluding carboxylic acids is 2. The van der Waals surface area contributed by atoms with Crippen molar-refractivity contribution in [3.05, 3.63) is 18.2 Å². The van der Waals surface area contributed by atoms with Gasteiger partial charge in [-0.2, -0.15) is 0 Å². The second kappa shape index (κ2) is 6.05. The quantitative estimate of drug-likeness (QED) is 0.732. The first-order chi connectivity index (χ1) is 7.69. The van der Waals surface area contributed by atoms with Gasteiger partial charge in [0, 0.05) is 12.2 Å². The number of carbonyl (C=O) groups is 2. The Hall–Kier alpha value is -1.65. The van der Waals surface area contributed by atoms with Crippen molar-refractivity contribution < 1.29 is 9.59 Å². The molecule has 0 aliphatic heterocycles. The Morgan fingerprint density at radius 3 is 2.75 bits per heavy atom. The van der Waals surface area contributed by atoms with Crippen LogP contribution in [0.5, 0.6) is 0 Å². The highest BCUT2D eigenvalue weighted by molar-refractivity contribution is 5.76. The predicted molar refractivity (Wildman–Crippen MR) is 60.1 cm³/mol. The third-order valence-electron chi connectivity index (χ3n) is 2.45. The molecule has 0 bridgehead atoms. The summed E-state index contributed by atoms with van der Waals surface area (Å²) >= 11 is 0. The highest BCUT2D eigenvalue weighted by atomic mass is 16.2. The smallest absolute Gasteiger partial charge is 0.240 e. The second-order valence-corrected chi connectivity index (χ2v) is 3.67. The second-order valence-electron chi connectivity index (χ2n) is 3.67. The van der Waals surface area contributed by atoms with E-state index in [1.165, 1.54) is 6.33 Å². The molecular weight excluding hydrogens is 206 g/mol. The van der Waals surface area contributed by atoms with Crippen molar-refractivity contribution >= 4 is 12.2 Å². The van der Waals surface area contributed by atoms with Gasteiger partial charge in [0.05, 0.1) is 6.33 Å². The summed E-state index contributed by atoms with van der Waals surface area (Å²) in [4.78, 5) is 25.8. The maximum atomic E-state index is 11.6. The van der Waals surface area contributed by atoms with E-state index in [-0.39, 0.29) is 18.5 Å². The minimum atomic E-state index is -0.0523. The predicted octanol–water partition coefficient (Wildman–Crippen LogP) is 1.00. The van der Waals surface area contributed by atoms with Gasteiger partial charge < -0.3 is 9.88 Å². The van der Waals surface area contributed by atoms with Crippen molar-refractivity contribution in [3.63, 3.8) is 0 Å². The van der Waals surface area contributed by atoms with E-state index in [2.05, 4.69) is 10.3 Å². The van der Waals surface area contributed by atoms with Gasteiger partial charge in [-0.15, -0.1) is 0 Å². The number of aldehydes is 1. The SMILES string of the molecule is CCC(CC)NC(=O)Cn1cnc(C=O)c1. The Labute approximate surface area is 94.9 Å². The van der Waals surface area contributed by atoms with Crippen molar-refractivity contribution in [2.24, 2.45) is 0 Å². The zero-order valence-electron chi connectivity index (χ0n) is 9.64. The van der Waals surface area contributed by atoms with E-state index in [0.29, 0.717) is 12.0 Å². The fourth-order valence-corrected chi connectivity index (χ4v) is 1.46. The molecule has 0 saturated carbocycles. The average molecular weight is 223 g/mol. The summed E-state index contributed by atoms with van der Waals surface area (Å²) in [5.74, 6) is -0.0523. The zero-order chi connectivity index (χ0) is 12.0. The van der Waals surface area contributed by atoms with Crippen LogP contribution < -0.4 is 5.32 Å². The lowest BCUT2D eigenvalue weighted by atomic mass is 10.2. The molecule has 1 aromatic rings. The number of aromatic nitrogens is 2. The summed E-state index contributed by atoms with van der Waals surface area (Å²) in [5, 5.41) is 2.92. The monoisotopic (exact) mass is 223 g/mol. The lowest BCUT2D eigenvalue weighted by Gasteiger charge is -2.14. The normalized spacial score (nSPS) is 10.4. The summed E-state index contributed by atoms with van der Waals surface area (Å²) in [6.07, 6.45) is 5.54. The minimum absolute atomic E-state index is 0.0523. The highest BCUT2D eigenvalue weighted by Crippen LogP contribution is 1.97. The van der Waals surface area contributed by atoms with Gasteiger partial charge in [0.15, 0.2) is 6.29 Å². The number of nitrogens with one attached hydrogen (secondary N) is 1. The minimum Gasteiger partial charge on any atom is -0.352 e. The third kappa shape index (κ3) is 3.49. The lowest BCUT2D eigenvalue weighted by Crippen LogP contribution is -2.35. The largest absolute Gasteiger partial charge is 0.352 e. The molecule has 1 rings (SSSR count). The molecule has 0 spiro atoms. The Morgan fingerprint density at radius 1 is 1.56 bits per heavy atom. The summed E-state index contributed by atoms with van der Waals surface area (Å²) in [6, 6.07) is 0.224. The Kier molecular flexibility index (Phi) is 4.69. The number of rotatable bonds is 6. The highest BCUT2D eigenvalue weighted by Gasteiger charge is 2.08. The topological polar surface area (TPSA) is 64.0 Å². The van der Waals surface area contributed by atoms with E-state index >= 15 is 0 Å². The fraction of sp³-hybridized carbons (Fsp3) is 0.545. The third-order valence-corrected chi connectivity index (χ3v) is 2.45. The van der Waals surface area contributed by atoms with E-state index in [0.717, 1.165) is 12.8 Å². The van der Waals surface area contributed by atoms with Gasteiger partial charge in [0.2, 0.25) is 5.91 Å². The maximum absolute atomic E-state index is 11.6. The first-order valence-electron chi connectivity index (χ1n) is 5.45.